The van der Waals surface area contributed by atoms with Crippen LogP contribution in [0.2, 0.25) is 5.02 Å². The number of rotatable bonds is 7. The highest BCUT2D eigenvalue weighted by Gasteiger charge is 2.30. The van der Waals surface area contributed by atoms with Gasteiger partial charge in [-0.15, -0.1) is 10.2 Å². The van der Waals surface area contributed by atoms with Crippen LogP contribution in [-0.4, -0.2) is 33.0 Å². The highest BCUT2D eigenvalue weighted by atomic mass is 35.5. The molecule has 2 amide bonds. The van der Waals surface area contributed by atoms with Gasteiger partial charge in [0.2, 0.25) is 11.0 Å². The van der Waals surface area contributed by atoms with E-state index in [0.29, 0.717) is 11.0 Å². The van der Waals surface area contributed by atoms with E-state index in [0.717, 1.165) is 23.9 Å². The zero-order chi connectivity index (χ0) is 20.4. The Labute approximate surface area is 169 Å². The second-order valence-corrected chi connectivity index (χ2v) is 8.24. The summed E-state index contributed by atoms with van der Waals surface area (Å²) < 4.78 is 0. The summed E-state index contributed by atoms with van der Waals surface area (Å²) in [7, 11) is 0. The van der Waals surface area contributed by atoms with Crippen LogP contribution in [0.3, 0.4) is 0 Å². The summed E-state index contributed by atoms with van der Waals surface area (Å²) in [6.45, 7) is 3.58. The zero-order valence-corrected chi connectivity index (χ0v) is 16.7. The van der Waals surface area contributed by atoms with Crippen LogP contribution in [0.4, 0.5) is 10.8 Å². The molecule has 148 valence electrons. The molecular formula is C17H18ClN5O4S. The third-order valence-corrected chi connectivity index (χ3v) is 5.56. The highest BCUT2D eigenvalue weighted by Crippen LogP contribution is 2.42. The number of nitrogens with zero attached hydrogens (tertiary/aromatic N) is 3. The van der Waals surface area contributed by atoms with Crippen molar-refractivity contribution in [2.45, 2.75) is 38.6 Å². The van der Waals surface area contributed by atoms with Crippen molar-refractivity contribution in [3.63, 3.8) is 0 Å². The average molecular weight is 424 g/mol. The van der Waals surface area contributed by atoms with Gasteiger partial charge in [0.15, 0.2) is 0 Å². The second kappa shape index (κ2) is 8.19. The van der Waals surface area contributed by atoms with Gasteiger partial charge in [0, 0.05) is 18.1 Å². The third kappa shape index (κ3) is 4.63. The quantitative estimate of drug-likeness (QED) is 0.519. The maximum atomic E-state index is 12.6. The van der Waals surface area contributed by atoms with Gasteiger partial charge in [0.05, 0.1) is 15.5 Å². The molecule has 2 N–H and O–H groups in total. The lowest BCUT2D eigenvalue weighted by atomic mass is 10.0. The minimum absolute atomic E-state index is 0.0534. The topological polar surface area (TPSA) is 127 Å². The maximum Gasteiger partial charge on any atom is 0.270 e. The molecule has 9 nitrogen and oxygen atoms in total. The lowest BCUT2D eigenvalue weighted by Gasteiger charge is -2.21. The van der Waals surface area contributed by atoms with Crippen LogP contribution in [0.1, 0.15) is 48.0 Å². The van der Waals surface area contributed by atoms with Crippen LogP contribution in [-0.2, 0) is 4.79 Å². The van der Waals surface area contributed by atoms with E-state index in [9.17, 15) is 19.7 Å². The fourth-order valence-corrected chi connectivity index (χ4v) is 3.70. The first kappa shape index (κ1) is 20.2. The van der Waals surface area contributed by atoms with E-state index in [1.165, 1.54) is 23.5 Å². The monoisotopic (exact) mass is 423 g/mol. The average Bonchev–Trinajstić information content (AvgIpc) is 3.38. The molecule has 1 fully saturated rings. The Morgan fingerprint density at radius 2 is 2.04 bits per heavy atom. The largest absolute Gasteiger partial charge is 0.340 e. The van der Waals surface area contributed by atoms with Crippen LogP contribution >= 0.6 is 22.9 Å². The molecule has 0 spiro atoms. The van der Waals surface area contributed by atoms with E-state index in [1.54, 1.807) is 13.8 Å². The van der Waals surface area contributed by atoms with Gasteiger partial charge < -0.3 is 5.32 Å². The van der Waals surface area contributed by atoms with Crippen molar-refractivity contribution in [1.82, 2.24) is 15.5 Å². The molecule has 1 atom stereocenters. The molecule has 1 aromatic carbocycles. The van der Waals surface area contributed by atoms with Gasteiger partial charge >= 0.3 is 0 Å². The number of hydrogen-bond donors (Lipinski definition) is 2. The molecule has 1 heterocycles. The smallest absolute Gasteiger partial charge is 0.270 e. The molecule has 1 unspecified atom stereocenters. The standard InChI is InChI=1S/C17H18ClN5O4S/c1-8(2)13(15(25)20-17-22-21-16(28-17)9-3-4-9)19-14(24)11-6-5-10(23(26)27)7-12(11)18/h5-9,13H,3-4H2,1-2H3,(H,19,24)(H,20,22,25). The molecule has 0 radical (unpaired) electrons. The summed E-state index contributed by atoms with van der Waals surface area (Å²) in [6.07, 6.45) is 2.17. The summed E-state index contributed by atoms with van der Waals surface area (Å²) in [5.41, 5.74) is -0.167. The first-order valence-electron chi connectivity index (χ1n) is 8.65. The number of halogens is 1. The number of carbonyl (C=O) groups excluding carboxylic acids is 2. The Balaban J connectivity index is 1.70. The number of hydrogen-bond acceptors (Lipinski definition) is 7. The fourth-order valence-electron chi connectivity index (χ4n) is 2.52. The van der Waals surface area contributed by atoms with Crippen molar-refractivity contribution < 1.29 is 14.5 Å². The molecule has 11 heteroatoms. The zero-order valence-electron chi connectivity index (χ0n) is 15.1. The Morgan fingerprint density at radius 3 is 2.61 bits per heavy atom. The summed E-state index contributed by atoms with van der Waals surface area (Å²) in [6, 6.07) is 2.71. The van der Waals surface area contributed by atoms with Gasteiger partial charge in [0.25, 0.3) is 11.6 Å². The van der Waals surface area contributed by atoms with Gasteiger partial charge in [-0.2, -0.15) is 0 Å². The summed E-state index contributed by atoms with van der Waals surface area (Å²) in [5.74, 6) is -0.783. The van der Waals surface area contributed by atoms with Crippen molar-refractivity contribution >= 4 is 45.6 Å². The fraction of sp³-hybridized carbons (Fsp3) is 0.412. The van der Waals surface area contributed by atoms with Gasteiger partial charge in [0.1, 0.15) is 11.0 Å². The van der Waals surface area contributed by atoms with Crippen molar-refractivity contribution in [1.29, 1.82) is 0 Å². The summed E-state index contributed by atoms with van der Waals surface area (Å²) >= 11 is 7.33. The summed E-state index contributed by atoms with van der Waals surface area (Å²) in [4.78, 5) is 35.4. The predicted octanol–water partition coefficient (Wildman–Crippen LogP) is 3.37. The van der Waals surface area contributed by atoms with Crippen LogP contribution in [0.15, 0.2) is 18.2 Å². The lowest BCUT2D eigenvalue weighted by molar-refractivity contribution is -0.384. The Kier molecular flexibility index (Phi) is 5.90. The number of aromatic nitrogens is 2. The van der Waals surface area contributed by atoms with Crippen LogP contribution < -0.4 is 10.6 Å². The van der Waals surface area contributed by atoms with E-state index in [2.05, 4.69) is 20.8 Å². The van der Waals surface area contributed by atoms with Gasteiger partial charge in [-0.25, -0.2) is 0 Å². The molecule has 1 saturated carbocycles. The van der Waals surface area contributed by atoms with Crippen LogP contribution in [0.5, 0.6) is 0 Å². The van der Waals surface area contributed by atoms with E-state index >= 15 is 0 Å². The molecule has 0 bridgehead atoms. The minimum Gasteiger partial charge on any atom is -0.340 e. The molecule has 3 rings (SSSR count). The molecule has 2 aromatic rings. The summed E-state index contributed by atoms with van der Waals surface area (Å²) in [5, 5.41) is 25.4. The van der Waals surface area contributed by atoms with Crippen molar-refractivity contribution in [2.24, 2.45) is 5.92 Å². The number of nitro benzene ring substituents is 1. The SMILES string of the molecule is CC(C)C(NC(=O)c1ccc([N+](=O)[O-])cc1Cl)C(=O)Nc1nnc(C2CC2)s1. The number of carbonyl (C=O) groups is 2. The van der Waals surface area contributed by atoms with E-state index in [1.807, 2.05) is 0 Å². The van der Waals surface area contributed by atoms with E-state index in [-0.39, 0.29) is 22.2 Å². The van der Waals surface area contributed by atoms with Gasteiger partial charge in [-0.3, -0.25) is 25.0 Å². The molecule has 28 heavy (non-hydrogen) atoms. The Hall–Kier alpha value is -2.59. The number of amides is 2. The Bertz CT molecular complexity index is 928. The van der Waals surface area contributed by atoms with Crippen molar-refractivity contribution in [3.8, 4) is 0 Å². The number of benzene rings is 1. The normalized spacial score (nSPS) is 14.6. The third-order valence-electron chi connectivity index (χ3n) is 4.24. The van der Waals surface area contributed by atoms with Crippen molar-refractivity contribution in [2.75, 3.05) is 5.32 Å². The van der Waals surface area contributed by atoms with Gasteiger partial charge in [-0.05, 0) is 24.8 Å². The van der Waals surface area contributed by atoms with E-state index in [4.69, 9.17) is 11.6 Å². The first-order chi connectivity index (χ1) is 13.3. The molecule has 1 aliphatic carbocycles. The minimum atomic E-state index is -0.841. The second-order valence-electron chi connectivity index (χ2n) is 6.83. The molecule has 0 aliphatic heterocycles. The molecule has 1 aromatic heterocycles. The van der Waals surface area contributed by atoms with E-state index < -0.39 is 22.8 Å². The Morgan fingerprint density at radius 1 is 1.32 bits per heavy atom. The van der Waals surface area contributed by atoms with Crippen molar-refractivity contribution in [3.05, 3.63) is 43.9 Å². The number of nitro groups is 1. The van der Waals surface area contributed by atoms with Gasteiger partial charge in [-0.1, -0.05) is 36.8 Å². The van der Waals surface area contributed by atoms with Crippen LogP contribution in [0, 0.1) is 16.0 Å². The predicted molar refractivity (Wildman–Crippen MR) is 105 cm³/mol. The number of anilines is 1. The lowest BCUT2D eigenvalue weighted by Crippen LogP contribution is -2.47. The maximum absolute atomic E-state index is 12.6. The first-order valence-corrected chi connectivity index (χ1v) is 9.84. The molecule has 1 aliphatic rings. The molecule has 0 saturated heterocycles. The van der Waals surface area contributed by atoms with Crippen LogP contribution in [0.25, 0.3) is 0 Å². The highest BCUT2D eigenvalue weighted by molar-refractivity contribution is 7.15. The number of nitrogens with one attached hydrogen (secondary N) is 2. The molecular weight excluding hydrogens is 406 g/mol. The number of non-ortho nitro benzene ring substituents is 1.